The van der Waals surface area contributed by atoms with E-state index >= 15 is 0 Å². The summed E-state index contributed by atoms with van der Waals surface area (Å²) < 4.78 is 1.77. The van der Waals surface area contributed by atoms with Gasteiger partial charge in [0.2, 0.25) is 0 Å². The number of pyridine rings is 1. The molecule has 3 rings (SSSR count). The summed E-state index contributed by atoms with van der Waals surface area (Å²) in [5, 5.41) is 11.0. The van der Waals surface area contributed by atoms with Crippen molar-refractivity contribution in [2.75, 3.05) is 0 Å². The summed E-state index contributed by atoms with van der Waals surface area (Å²) in [5.74, 6) is -1.53. The monoisotopic (exact) mass is 317 g/mol. The lowest BCUT2D eigenvalue weighted by Crippen LogP contribution is -2.14. The van der Waals surface area contributed by atoms with Crippen molar-refractivity contribution in [3.63, 3.8) is 0 Å². The molecule has 1 amide bonds. The molecule has 3 N–H and O–H groups in total. The minimum atomic E-state index is -0.918. The summed E-state index contributed by atoms with van der Waals surface area (Å²) in [7, 11) is 0. The van der Waals surface area contributed by atoms with Crippen LogP contribution in [0, 0.1) is 0 Å². The molecule has 6 nitrogen and oxygen atoms in total. The van der Waals surface area contributed by atoms with Gasteiger partial charge in [0.05, 0.1) is 17.5 Å². The Morgan fingerprint density at radius 1 is 1.27 bits per heavy atom. The Morgan fingerprint density at radius 2 is 2.05 bits per heavy atom. The second-order valence-corrected chi connectivity index (χ2v) is 5.34. The van der Waals surface area contributed by atoms with Crippen molar-refractivity contribution in [3.8, 4) is 0 Å². The van der Waals surface area contributed by atoms with Crippen LogP contribution in [0.1, 0.15) is 16.8 Å². The number of aromatic nitrogens is 2. The van der Waals surface area contributed by atoms with Gasteiger partial charge in [0, 0.05) is 40.3 Å². The lowest BCUT2D eigenvalue weighted by molar-refractivity contribution is -0.137. The van der Waals surface area contributed by atoms with E-state index in [1.54, 1.807) is 29.0 Å². The Hall–Kier alpha value is -2.60. The number of carboxylic acid groups (broad SMARTS) is 1. The van der Waals surface area contributed by atoms with Gasteiger partial charge in [-0.25, -0.2) is 0 Å². The molecule has 7 heteroatoms. The Labute approximate surface area is 130 Å². The van der Waals surface area contributed by atoms with Crippen molar-refractivity contribution in [1.29, 1.82) is 0 Å². The summed E-state index contributed by atoms with van der Waals surface area (Å²) >= 11 is 6.04. The number of hydrogen-bond donors (Lipinski definition) is 2. The summed E-state index contributed by atoms with van der Waals surface area (Å²) in [4.78, 5) is 26.6. The van der Waals surface area contributed by atoms with Gasteiger partial charge < -0.3 is 15.4 Å². The first-order valence-corrected chi connectivity index (χ1v) is 6.94. The van der Waals surface area contributed by atoms with Crippen LogP contribution >= 0.6 is 11.6 Å². The molecule has 112 valence electrons. The predicted octanol–water partition coefficient (Wildman–Crippen LogP) is 2.42. The second-order valence-electron chi connectivity index (χ2n) is 4.90. The van der Waals surface area contributed by atoms with E-state index in [2.05, 4.69) is 4.98 Å². The number of aliphatic carboxylic acids is 1. The lowest BCUT2D eigenvalue weighted by atomic mass is 10.1. The molecule has 2 heterocycles. The summed E-state index contributed by atoms with van der Waals surface area (Å²) in [5.41, 5.74) is 7.05. The standard InChI is InChI=1S/C15H12ClN3O3/c16-8-1-2-12-9(5-8)10-6-18-7-11(15(17)22)14(10)19(12)4-3-13(20)21/h1-2,5-7H,3-4H2,(H2,17,22)(H,20,21). The largest absolute Gasteiger partial charge is 0.481 e. The first-order chi connectivity index (χ1) is 10.5. The van der Waals surface area contributed by atoms with E-state index in [4.69, 9.17) is 22.4 Å². The SMILES string of the molecule is NC(=O)c1cncc2c3cc(Cl)ccc3n(CCC(=O)O)c12. The smallest absolute Gasteiger partial charge is 0.305 e. The van der Waals surface area contributed by atoms with E-state index in [0.717, 1.165) is 16.3 Å². The molecule has 0 aliphatic rings. The van der Waals surface area contributed by atoms with E-state index in [-0.39, 0.29) is 18.5 Å². The molecule has 0 saturated carbocycles. The number of primary amides is 1. The number of fused-ring (bicyclic) bond motifs is 3. The fraction of sp³-hybridized carbons (Fsp3) is 0.133. The molecule has 2 aromatic heterocycles. The maximum Gasteiger partial charge on any atom is 0.305 e. The zero-order chi connectivity index (χ0) is 15.9. The van der Waals surface area contributed by atoms with E-state index in [1.165, 1.54) is 6.20 Å². The third kappa shape index (κ3) is 2.27. The van der Waals surface area contributed by atoms with E-state index in [0.29, 0.717) is 10.5 Å². The zero-order valence-electron chi connectivity index (χ0n) is 11.4. The first-order valence-electron chi connectivity index (χ1n) is 6.56. The molecular weight excluding hydrogens is 306 g/mol. The van der Waals surface area contributed by atoms with Crippen LogP contribution in [-0.2, 0) is 11.3 Å². The molecule has 22 heavy (non-hydrogen) atoms. The van der Waals surface area contributed by atoms with Gasteiger partial charge in [-0.3, -0.25) is 14.6 Å². The number of carboxylic acids is 1. The number of benzene rings is 1. The molecule has 3 aromatic rings. The number of carbonyl (C=O) groups is 2. The number of hydrogen-bond acceptors (Lipinski definition) is 3. The summed E-state index contributed by atoms with van der Waals surface area (Å²) in [6.07, 6.45) is 2.95. The molecule has 0 radical (unpaired) electrons. The van der Waals surface area contributed by atoms with Gasteiger partial charge in [-0.15, -0.1) is 0 Å². The van der Waals surface area contributed by atoms with Gasteiger partial charge in [0.25, 0.3) is 5.91 Å². The van der Waals surface area contributed by atoms with Crippen LogP contribution < -0.4 is 5.73 Å². The Bertz CT molecular complexity index is 917. The van der Waals surface area contributed by atoms with E-state index in [1.807, 2.05) is 0 Å². The number of aryl methyl sites for hydroxylation is 1. The average Bonchev–Trinajstić information content (AvgIpc) is 2.78. The van der Waals surface area contributed by atoms with Gasteiger partial charge in [-0.05, 0) is 18.2 Å². The van der Waals surface area contributed by atoms with Crippen molar-refractivity contribution >= 4 is 45.3 Å². The zero-order valence-corrected chi connectivity index (χ0v) is 12.2. The fourth-order valence-corrected chi connectivity index (χ4v) is 2.81. The topological polar surface area (TPSA) is 98.2 Å². The van der Waals surface area contributed by atoms with Crippen molar-refractivity contribution in [1.82, 2.24) is 9.55 Å². The number of nitrogens with zero attached hydrogens (tertiary/aromatic N) is 2. The van der Waals surface area contributed by atoms with Crippen LogP contribution in [0.2, 0.25) is 5.02 Å². The molecule has 0 fully saturated rings. The van der Waals surface area contributed by atoms with Crippen LogP contribution in [-0.4, -0.2) is 26.5 Å². The predicted molar refractivity (Wildman–Crippen MR) is 83.0 cm³/mol. The number of carbonyl (C=O) groups excluding carboxylic acids is 1. The van der Waals surface area contributed by atoms with Gasteiger partial charge >= 0.3 is 5.97 Å². The third-order valence-electron chi connectivity index (χ3n) is 3.54. The highest BCUT2D eigenvalue weighted by Crippen LogP contribution is 2.32. The Balaban J connectivity index is 2.40. The third-order valence-corrected chi connectivity index (χ3v) is 3.78. The minimum Gasteiger partial charge on any atom is -0.481 e. The molecular formula is C15H12ClN3O3. The molecule has 1 aromatic carbocycles. The highest BCUT2D eigenvalue weighted by atomic mass is 35.5. The lowest BCUT2D eigenvalue weighted by Gasteiger charge is -2.07. The quantitative estimate of drug-likeness (QED) is 0.772. The van der Waals surface area contributed by atoms with Gasteiger partial charge in [0.15, 0.2) is 0 Å². The molecule has 0 spiro atoms. The number of nitrogens with two attached hydrogens (primary N) is 1. The number of rotatable bonds is 4. The summed E-state index contributed by atoms with van der Waals surface area (Å²) in [6, 6.07) is 5.28. The molecule has 0 aliphatic heterocycles. The van der Waals surface area contributed by atoms with Gasteiger partial charge in [-0.2, -0.15) is 0 Å². The van der Waals surface area contributed by atoms with E-state index < -0.39 is 11.9 Å². The van der Waals surface area contributed by atoms with E-state index in [9.17, 15) is 9.59 Å². The van der Waals surface area contributed by atoms with Crippen molar-refractivity contribution in [2.24, 2.45) is 5.73 Å². The van der Waals surface area contributed by atoms with Crippen molar-refractivity contribution < 1.29 is 14.7 Å². The normalized spacial score (nSPS) is 11.1. The molecule has 0 aliphatic carbocycles. The Kier molecular flexibility index (Phi) is 3.46. The van der Waals surface area contributed by atoms with Crippen molar-refractivity contribution in [3.05, 3.63) is 41.2 Å². The fourth-order valence-electron chi connectivity index (χ4n) is 2.64. The van der Waals surface area contributed by atoms with Crippen LogP contribution in [0.25, 0.3) is 21.8 Å². The molecule has 0 bridgehead atoms. The van der Waals surface area contributed by atoms with Crippen LogP contribution in [0.3, 0.4) is 0 Å². The van der Waals surface area contributed by atoms with Gasteiger partial charge in [0.1, 0.15) is 0 Å². The van der Waals surface area contributed by atoms with Crippen LogP contribution in [0.5, 0.6) is 0 Å². The maximum atomic E-state index is 11.7. The highest BCUT2D eigenvalue weighted by Gasteiger charge is 2.17. The number of amides is 1. The maximum absolute atomic E-state index is 11.7. The highest BCUT2D eigenvalue weighted by molar-refractivity contribution is 6.32. The Morgan fingerprint density at radius 3 is 2.73 bits per heavy atom. The molecule has 0 atom stereocenters. The van der Waals surface area contributed by atoms with Crippen LogP contribution in [0.15, 0.2) is 30.6 Å². The van der Waals surface area contributed by atoms with Crippen LogP contribution in [0.4, 0.5) is 0 Å². The average molecular weight is 318 g/mol. The van der Waals surface area contributed by atoms with Crippen molar-refractivity contribution in [2.45, 2.75) is 13.0 Å². The van der Waals surface area contributed by atoms with Gasteiger partial charge in [-0.1, -0.05) is 11.6 Å². The molecule has 0 unspecified atom stereocenters. The number of halogens is 1. The minimum absolute atomic E-state index is 0.0674. The summed E-state index contributed by atoms with van der Waals surface area (Å²) in [6.45, 7) is 0.223. The first kappa shape index (κ1) is 14.3. The second kappa shape index (κ2) is 5.31. The molecule has 0 saturated heterocycles.